The van der Waals surface area contributed by atoms with Crippen LogP contribution in [-0.2, 0) is 9.47 Å². The molecule has 0 saturated carbocycles. The number of ether oxygens (including phenoxy) is 3. The number of carbonyl (C=O) groups excluding carboxylic acids is 2. The molecule has 47 heavy (non-hydrogen) atoms. The molecule has 1 aromatic heterocycles. The van der Waals surface area contributed by atoms with Gasteiger partial charge in [0.05, 0.1) is 21.7 Å². The highest BCUT2D eigenvalue weighted by atomic mass is 33.1. The molecule has 0 fully saturated rings. The summed E-state index contributed by atoms with van der Waals surface area (Å²) in [6.45, 7) is 1.86. The van der Waals surface area contributed by atoms with Crippen molar-refractivity contribution in [3.05, 3.63) is 124 Å². The van der Waals surface area contributed by atoms with Gasteiger partial charge in [-0.2, -0.15) is 0 Å². The number of nitro benzene ring substituents is 1. The van der Waals surface area contributed by atoms with Gasteiger partial charge in [-0.05, 0) is 54.4 Å². The van der Waals surface area contributed by atoms with Crippen molar-refractivity contribution in [2.45, 2.75) is 6.92 Å². The van der Waals surface area contributed by atoms with Crippen LogP contribution in [0.1, 0.15) is 15.9 Å². The van der Waals surface area contributed by atoms with Crippen LogP contribution in [0.2, 0.25) is 0 Å². The van der Waals surface area contributed by atoms with Crippen LogP contribution in [0.4, 0.5) is 19.3 Å². The van der Waals surface area contributed by atoms with Crippen molar-refractivity contribution < 1.29 is 37.5 Å². The second-order valence-corrected chi connectivity index (χ2v) is 12.6. The molecule has 4 aromatic carbocycles. The average molecular weight is 677 g/mol. The van der Waals surface area contributed by atoms with Crippen LogP contribution >= 0.6 is 21.6 Å². The molecule has 0 atom stereocenters. The third-order valence-electron chi connectivity index (χ3n) is 6.86. The number of fused-ring (bicyclic) bond motifs is 1. The van der Waals surface area contributed by atoms with Crippen molar-refractivity contribution in [2.75, 3.05) is 24.7 Å². The molecule has 0 bridgehead atoms. The van der Waals surface area contributed by atoms with Gasteiger partial charge in [0.1, 0.15) is 30.6 Å². The molecule has 5 aromatic rings. The summed E-state index contributed by atoms with van der Waals surface area (Å²) < 4.78 is 44.1. The van der Waals surface area contributed by atoms with E-state index in [1.807, 2.05) is 0 Å². The van der Waals surface area contributed by atoms with Crippen LogP contribution in [0.5, 0.6) is 5.75 Å². The zero-order chi connectivity index (χ0) is 33.3. The molecule has 0 radical (unpaired) electrons. The molecule has 0 amide bonds. The summed E-state index contributed by atoms with van der Waals surface area (Å²) >= 11 is 0. The Balaban J connectivity index is 1.15. The summed E-state index contributed by atoms with van der Waals surface area (Å²) in [5.41, 5.74) is 3.41. The Morgan fingerprint density at radius 2 is 1.51 bits per heavy atom. The summed E-state index contributed by atoms with van der Waals surface area (Å²) in [6.07, 6.45) is -0.935. The van der Waals surface area contributed by atoms with Gasteiger partial charge in [-0.25, -0.2) is 23.4 Å². The number of hydrogen-bond donors (Lipinski definition) is 0. The van der Waals surface area contributed by atoms with Gasteiger partial charge in [-0.3, -0.25) is 10.1 Å². The van der Waals surface area contributed by atoms with Crippen molar-refractivity contribution in [3.63, 3.8) is 0 Å². The fourth-order valence-electron chi connectivity index (χ4n) is 4.66. The lowest BCUT2D eigenvalue weighted by atomic mass is 9.96. The second-order valence-electron chi connectivity index (χ2n) is 9.91. The van der Waals surface area contributed by atoms with E-state index < -0.39 is 22.9 Å². The van der Waals surface area contributed by atoms with E-state index in [1.54, 1.807) is 49.4 Å². The Hall–Kier alpha value is -5.01. The molecule has 1 heterocycles. The number of pyridine rings is 1. The molecule has 0 saturated heterocycles. The first-order valence-corrected chi connectivity index (χ1v) is 16.7. The van der Waals surface area contributed by atoms with E-state index in [2.05, 4.69) is 0 Å². The number of benzene rings is 4. The minimum atomic E-state index is -0.935. The topological polar surface area (TPSA) is 118 Å². The van der Waals surface area contributed by atoms with Crippen molar-refractivity contribution in [2.24, 2.45) is 0 Å². The molecule has 0 aliphatic rings. The number of non-ortho nitro benzene ring substituents is 1. The third kappa shape index (κ3) is 8.43. The van der Waals surface area contributed by atoms with E-state index in [-0.39, 0.29) is 36.0 Å². The summed E-state index contributed by atoms with van der Waals surface area (Å²) in [5, 5.41) is 11.0. The second kappa shape index (κ2) is 15.5. The Morgan fingerprint density at radius 1 is 0.851 bits per heavy atom. The highest BCUT2D eigenvalue weighted by molar-refractivity contribution is 8.76. The molecule has 0 aliphatic heterocycles. The van der Waals surface area contributed by atoms with E-state index in [4.69, 9.17) is 19.2 Å². The van der Waals surface area contributed by atoms with Gasteiger partial charge in [0, 0.05) is 40.2 Å². The average Bonchev–Trinajstić information content (AvgIpc) is 3.06. The molecule has 0 aliphatic carbocycles. The van der Waals surface area contributed by atoms with E-state index in [0.29, 0.717) is 50.4 Å². The van der Waals surface area contributed by atoms with Gasteiger partial charge in [0.15, 0.2) is 0 Å². The number of carbonyl (C=O) groups is 2. The first-order chi connectivity index (χ1) is 22.7. The maximum atomic E-state index is 14.3. The zero-order valence-corrected chi connectivity index (χ0v) is 26.4. The molecular formula is C34H26F2N2O7S2. The monoisotopic (exact) mass is 676 g/mol. The maximum Gasteiger partial charge on any atom is 0.513 e. The first kappa shape index (κ1) is 33.4. The lowest BCUT2D eigenvalue weighted by molar-refractivity contribution is -0.384. The Bertz CT molecular complexity index is 1920. The molecule has 9 nitrogen and oxygen atoms in total. The number of halogens is 2. The molecule has 13 heteroatoms. The number of aromatic nitrogens is 1. The minimum Gasteiger partial charge on any atom is -0.461 e. The summed E-state index contributed by atoms with van der Waals surface area (Å²) in [5.74, 6) is -0.480. The van der Waals surface area contributed by atoms with Gasteiger partial charge >= 0.3 is 12.1 Å². The number of nitro groups is 1. The summed E-state index contributed by atoms with van der Waals surface area (Å²) in [4.78, 5) is 40.0. The van der Waals surface area contributed by atoms with Gasteiger partial charge in [-0.1, -0.05) is 64.1 Å². The quantitative estimate of drug-likeness (QED) is 0.0317. The fraction of sp³-hybridized carbons (Fsp3) is 0.147. The summed E-state index contributed by atoms with van der Waals surface area (Å²) in [7, 11) is 2.80. The van der Waals surface area contributed by atoms with E-state index in [9.17, 15) is 28.5 Å². The first-order valence-electron chi connectivity index (χ1n) is 14.2. The number of nitrogens with zero attached hydrogens (tertiary/aromatic N) is 2. The SMILES string of the molecule is Cc1c(-c2ccc(-c3ccccc3F)cc2)nc2ccc(F)cc2c1C(=O)OCCSSCCOC(=O)Oc1ccc([N+](=O)[O-])cc1. The van der Waals surface area contributed by atoms with Gasteiger partial charge in [-0.15, -0.1) is 0 Å². The van der Waals surface area contributed by atoms with Crippen LogP contribution in [0.3, 0.4) is 0 Å². The Kier molecular flexibility index (Phi) is 11.0. The number of rotatable bonds is 12. The number of esters is 1. The van der Waals surface area contributed by atoms with Crippen LogP contribution in [0.25, 0.3) is 33.3 Å². The van der Waals surface area contributed by atoms with Crippen LogP contribution in [0.15, 0.2) is 91.0 Å². The molecular weight excluding hydrogens is 651 g/mol. The normalized spacial score (nSPS) is 10.9. The van der Waals surface area contributed by atoms with Crippen molar-refractivity contribution in [3.8, 4) is 28.1 Å². The molecule has 0 N–H and O–H groups in total. The lowest BCUT2D eigenvalue weighted by Crippen LogP contribution is -2.12. The minimum absolute atomic E-state index is 0.0566. The van der Waals surface area contributed by atoms with Crippen LogP contribution < -0.4 is 4.74 Å². The third-order valence-corrected chi connectivity index (χ3v) is 9.19. The van der Waals surface area contributed by atoms with Crippen LogP contribution in [0, 0.1) is 28.7 Å². The fourth-order valence-corrected chi connectivity index (χ4v) is 6.31. The van der Waals surface area contributed by atoms with Crippen molar-refractivity contribution in [1.29, 1.82) is 0 Å². The van der Waals surface area contributed by atoms with E-state index >= 15 is 0 Å². The molecule has 0 spiro atoms. The molecule has 5 rings (SSSR count). The Labute approximate surface area is 275 Å². The zero-order valence-electron chi connectivity index (χ0n) is 24.8. The highest BCUT2D eigenvalue weighted by Crippen LogP contribution is 2.33. The van der Waals surface area contributed by atoms with Gasteiger partial charge in [0.25, 0.3) is 5.69 Å². The predicted octanol–water partition coefficient (Wildman–Crippen LogP) is 8.82. The molecule has 240 valence electrons. The largest absolute Gasteiger partial charge is 0.513 e. The molecule has 0 unspecified atom stereocenters. The lowest BCUT2D eigenvalue weighted by Gasteiger charge is -2.15. The van der Waals surface area contributed by atoms with E-state index in [1.165, 1.54) is 70.1 Å². The van der Waals surface area contributed by atoms with E-state index in [0.717, 1.165) is 0 Å². The van der Waals surface area contributed by atoms with Gasteiger partial charge in [0.2, 0.25) is 0 Å². The van der Waals surface area contributed by atoms with Gasteiger partial charge < -0.3 is 14.2 Å². The smallest absolute Gasteiger partial charge is 0.461 e. The maximum absolute atomic E-state index is 14.3. The Morgan fingerprint density at radius 3 is 2.19 bits per heavy atom. The van der Waals surface area contributed by atoms with Crippen LogP contribution in [-0.4, -0.2) is 46.8 Å². The van der Waals surface area contributed by atoms with Crippen molar-refractivity contribution >= 4 is 50.3 Å². The summed E-state index contributed by atoms with van der Waals surface area (Å²) in [6, 6.07) is 22.7. The highest BCUT2D eigenvalue weighted by Gasteiger charge is 2.21. The van der Waals surface area contributed by atoms with Crippen molar-refractivity contribution in [1.82, 2.24) is 4.98 Å². The number of hydrogen-bond acceptors (Lipinski definition) is 10. The predicted molar refractivity (Wildman–Crippen MR) is 178 cm³/mol. The standard InChI is InChI=1S/C34H26F2N2O7S2/c1-21-31(33(39)43-16-18-46-47-19-17-44-34(40)45-26-13-11-25(12-14-26)38(41)42)28-20-24(35)10-15-30(28)37-32(21)23-8-6-22(7-9-23)27-4-2-3-5-29(27)36/h2-15,20H,16-19H2,1H3.